The zero-order valence-corrected chi connectivity index (χ0v) is 10.9. The second kappa shape index (κ2) is 5.82. The number of carbonyl (C=O) groups excluding carboxylic acids is 1. The summed E-state index contributed by atoms with van der Waals surface area (Å²) in [5, 5.41) is 0. The van der Waals surface area contributed by atoms with Crippen LogP contribution in [0.3, 0.4) is 0 Å². The van der Waals surface area contributed by atoms with E-state index in [9.17, 15) is 4.79 Å². The molecule has 0 fully saturated rings. The van der Waals surface area contributed by atoms with Crippen molar-refractivity contribution < 1.29 is 4.79 Å². The van der Waals surface area contributed by atoms with Crippen LogP contribution >= 0.6 is 0 Å². The van der Waals surface area contributed by atoms with Crippen molar-refractivity contribution in [2.45, 2.75) is 39.3 Å². The van der Waals surface area contributed by atoms with Crippen LogP contribution in [0.2, 0.25) is 0 Å². The normalized spacial score (nSPS) is 11.3. The molecule has 0 bridgehead atoms. The third-order valence-electron chi connectivity index (χ3n) is 2.55. The van der Waals surface area contributed by atoms with Gasteiger partial charge >= 0.3 is 0 Å². The standard InChI is InChI=1S/C14H22N2O/c1-4-10-16(13(17)14(2,3)15)11-12-8-6-5-7-9-12/h5-9H,4,10-11,15H2,1-3H3. The fraction of sp³-hybridized carbons (Fsp3) is 0.500. The Bertz CT molecular complexity index is 354. The molecule has 0 aromatic heterocycles. The maximum Gasteiger partial charge on any atom is 0.242 e. The van der Waals surface area contributed by atoms with E-state index in [1.165, 1.54) is 0 Å². The summed E-state index contributed by atoms with van der Waals surface area (Å²) >= 11 is 0. The molecule has 0 radical (unpaired) electrons. The van der Waals surface area contributed by atoms with Crippen molar-refractivity contribution in [1.29, 1.82) is 0 Å². The third kappa shape index (κ3) is 4.19. The monoisotopic (exact) mass is 234 g/mol. The Hall–Kier alpha value is -1.35. The highest BCUT2D eigenvalue weighted by molar-refractivity contribution is 5.85. The van der Waals surface area contributed by atoms with Gasteiger partial charge in [-0.15, -0.1) is 0 Å². The van der Waals surface area contributed by atoms with E-state index < -0.39 is 5.54 Å². The van der Waals surface area contributed by atoms with Crippen LogP contribution < -0.4 is 5.73 Å². The molecule has 0 aliphatic carbocycles. The smallest absolute Gasteiger partial charge is 0.242 e. The summed E-state index contributed by atoms with van der Waals surface area (Å²) in [5.41, 5.74) is 6.21. The van der Waals surface area contributed by atoms with E-state index in [2.05, 4.69) is 6.92 Å². The fourth-order valence-corrected chi connectivity index (χ4v) is 1.73. The summed E-state index contributed by atoms with van der Waals surface area (Å²) in [6.07, 6.45) is 0.939. The zero-order valence-electron chi connectivity index (χ0n) is 10.9. The molecular weight excluding hydrogens is 212 g/mol. The van der Waals surface area contributed by atoms with E-state index in [0.717, 1.165) is 18.5 Å². The molecule has 3 heteroatoms. The topological polar surface area (TPSA) is 46.3 Å². The average molecular weight is 234 g/mol. The molecule has 3 nitrogen and oxygen atoms in total. The number of rotatable bonds is 5. The number of amides is 1. The molecule has 94 valence electrons. The first-order valence-electron chi connectivity index (χ1n) is 6.07. The Morgan fingerprint density at radius 1 is 1.29 bits per heavy atom. The van der Waals surface area contributed by atoms with Gasteiger partial charge in [0.05, 0.1) is 5.54 Å². The van der Waals surface area contributed by atoms with Crippen molar-refractivity contribution in [2.24, 2.45) is 5.73 Å². The number of benzene rings is 1. The molecule has 0 aliphatic rings. The Kier molecular flexibility index (Phi) is 4.70. The molecule has 1 rings (SSSR count). The summed E-state index contributed by atoms with van der Waals surface area (Å²) in [5.74, 6) is 0.00297. The number of carbonyl (C=O) groups is 1. The molecule has 1 amide bonds. The van der Waals surface area contributed by atoms with Crippen LogP contribution in [0.15, 0.2) is 30.3 Å². The first kappa shape index (κ1) is 13.7. The Balaban J connectivity index is 2.77. The lowest BCUT2D eigenvalue weighted by atomic mass is 10.0. The van der Waals surface area contributed by atoms with Gasteiger partial charge in [-0.05, 0) is 25.8 Å². The minimum atomic E-state index is -0.802. The molecule has 17 heavy (non-hydrogen) atoms. The minimum Gasteiger partial charge on any atom is -0.337 e. The van der Waals surface area contributed by atoms with Gasteiger partial charge in [-0.3, -0.25) is 4.79 Å². The van der Waals surface area contributed by atoms with Crippen LogP contribution in [0, 0.1) is 0 Å². The summed E-state index contributed by atoms with van der Waals surface area (Å²) in [4.78, 5) is 14.0. The van der Waals surface area contributed by atoms with Gasteiger partial charge in [0.25, 0.3) is 0 Å². The lowest BCUT2D eigenvalue weighted by molar-refractivity contribution is -0.136. The van der Waals surface area contributed by atoms with Crippen LogP contribution in [-0.2, 0) is 11.3 Å². The van der Waals surface area contributed by atoms with E-state index in [4.69, 9.17) is 5.73 Å². The molecule has 0 saturated carbocycles. The van der Waals surface area contributed by atoms with Crippen LogP contribution in [0.25, 0.3) is 0 Å². The molecule has 0 atom stereocenters. The van der Waals surface area contributed by atoms with Gasteiger partial charge in [-0.1, -0.05) is 37.3 Å². The van der Waals surface area contributed by atoms with Crippen LogP contribution in [0.1, 0.15) is 32.8 Å². The van der Waals surface area contributed by atoms with E-state index in [1.807, 2.05) is 35.2 Å². The van der Waals surface area contributed by atoms with Crippen molar-refractivity contribution in [3.8, 4) is 0 Å². The van der Waals surface area contributed by atoms with Gasteiger partial charge in [0.1, 0.15) is 0 Å². The average Bonchev–Trinajstić information content (AvgIpc) is 2.28. The van der Waals surface area contributed by atoms with Gasteiger partial charge in [0.2, 0.25) is 5.91 Å². The van der Waals surface area contributed by atoms with Crippen molar-refractivity contribution in [3.05, 3.63) is 35.9 Å². The van der Waals surface area contributed by atoms with Crippen molar-refractivity contribution in [3.63, 3.8) is 0 Å². The van der Waals surface area contributed by atoms with Crippen molar-refractivity contribution in [2.75, 3.05) is 6.54 Å². The molecule has 2 N–H and O–H groups in total. The number of hydrogen-bond donors (Lipinski definition) is 1. The highest BCUT2D eigenvalue weighted by Gasteiger charge is 2.27. The predicted octanol–water partition coefficient (Wildman–Crippen LogP) is 2.16. The van der Waals surface area contributed by atoms with Crippen LogP contribution in [-0.4, -0.2) is 22.9 Å². The van der Waals surface area contributed by atoms with Crippen LogP contribution in [0.4, 0.5) is 0 Å². The third-order valence-corrected chi connectivity index (χ3v) is 2.55. The maximum absolute atomic E-state index is 12.2. The first-order valence-corrected chi connectivity index (χ1v) is 6.07. The SMILES string of the molecule is CCCN(Cc1ccccc1)C(=O)C(C)(C)N. The van der Waals surface area contributed by atoms with Gasteiger partial charge in [-0.2, -0.15) is 0 Å². The van der Waals surface area contributed by atoms with Crippen molar-refractivity contribution >= 4 is 5.91 Å². The Morgan fingerprint density at radius 3 is 2.35 bits per heavy atom. The molecule has 0 spiro atoms. The highest BCUT2D eigenvalue weighted by atomic mass is 16.2. The lowest BCUT2D eigenvalue weighted by Crippen LogP contribution is -2.51. The predicted molar refractivity (Wildman–Crippen MR) is 70.4 cm³/mol. The van der Waals surface area contributed by atoms with E-state index in [-0.39, 0.29) is 5.91 Å². The number of nitrogens with zero attached hydrogens (tertiary/aromatic N) is 1. The number of nitrogens with two attached hydrogens (primary N) is 1. The quantitative estimate of drug-likeness (QED) is 0.848. The molecule has 0 unspecified atom stereocenters. The molecule has 0 saturated heterocycles. The zero-order chi connectivity index (χ0) is 12.9. The van der Waals surface area contributed by atoms with E-state index >= 15 is 0 Å². The summed E-state index contributed by atoms with van der Waals surface area (Å²) < 4.78 is 0. The van der Waals surface area contributed by atoms with Gasteiger partial charge in [-0.25, -0.2) is 0 Å². The summed E-state index contributed by atoms with van der Waals surface area (Å²) in [6.45, 7) is 6.95. The Labute approximate surface area is 104 Å². The second-order valence-corrected chi connectivity index (χ2v) is 4.93. The van der Waals surface area contributed by atoms with Gasteiger partial charge in [0.15, 0.2) is 0 Å². The van der Waals surface area contributed by atoms with Gasteiger partial charge < -0.3 is 10.6 Å². The summed E-state index contributed by atoms with van der Waals surface area (Å²) in [7, 11) is 0. The maximum atomic E-state index is 12.2. The summed E-state index contributed by atoms with van der Waals surface area (Å²) in [6, 6.07) is 10.00. The lowest BCUT2D eigenvalue weighted by Gasteiger charge is -2.29. The molecule has 0 aliphatic heterocycles. The van der Waals surface area contributed by atoms with E-state index in [1.54, 1.807) is 13.8 Å². The second-order valence-electron chi connectivity index (χ2n) is 4.93. The molecule has 0 heterocycles. The van der Waals surface area contributed by atoms with Gasteiger partial charge in [0, 0.05) is 13.1 Å². The fourth-order valence-electron chi connectivity index (χ4n) is 1.73. The Morgan fingerprint density at radius 2 is 1.88 bits per heavy atom. The first-order chi connectivity index (χ1) is 7.95. The number of hydrogen-bond acceptors (Lipinski definition) is 2. The van der Waals surface area contributed by atoms with E-state index in [0.29, 0.717) is 6.54 Å². The van der Waals surface area contributed by atoms with Crippen LogP contribution in [0.5, 0.6) is 0 Å². The molecule has 1 aromatic rings. The largest absolute Gasteiger partial charge is 0.337 e. The highest BCUT2D eigenvalue weighted by Crippen LogP contribution is 2.10. The minimum absolute atomic E-state index is 0.00297. The molecule has 1 aromatic carbocycles. The van der Waals surface area contributed by atoms with Crippen molar-refractivity contribution in [1.82, 2.24) is 4.90 Å². The molecular formula is C14H22N2O.